The van der Waals surface area contributed by atoms with Gasteiger partial charge in [0, 0.05) is 34.4 Å². The smallest absolute Gasteiger partial charge is 0.256 e. The molecule has 0 aliphatic rings. The van der Waals surface area contributed by atoms with Gasteiger partial charge in [0.25, 0.3) is 5.91 Å². The molecule has 0 aliphatic carbocycles. The van der Waals surface area contributed by atoms with Gasteiger partial charge in [0.1, 0.15) is 10.6 Å². The molecule has 0 atom stereocenters. The third kappa shape index (κ3) is 4.61. The minimum atomic E-state index is -0.259. The summed E-state index contributed by atoms with van der Waals surface area (Å²) in [5.74, 6) is 0.147. The summed E-state index contributed by atoms with van der Waals surface area (Å²) in [7, 11) is 0. The van der Waals surface area contributed by atoms with E-state index in [1.807, 2.05) is 24.3 Å². The first-order valence-corrected chi connectivity index (χ1v) is 9.97. The summed E-state index contributed by atoms with van der Waals surface area (Å²) in [6, 6.07) is 12.5. The van der Waals surface area contributed by atoms with Crippen molar-refractivity contribution in [3.8, 4) is 0 Å². The van der Waals surface area contributed by atoms with Gasteiger partial charge in [-0.15, -0.1) is 11.3 Å². The maximum absolute atomic E-state index is 12.3. The minimum Gasteiger partial charge on any atom is -0.352 e. The number of benzene rings is 1. The standard InChI is InChI=1S/C20H16ClN5O2S/c21-14-3-1-2-12(8-14)11-23-17(27)10-15-9-16-18(25-26-20(16)29-15)24-19(28)13-4-6-22-7-5-13/h1-9H,10-11H2,(H,23,27)(H2,24,25,26,28). The van der Waals surface area contributed by atoms with Gasteiger partial charge in [-0.05, 0) is 35.9 Å². The molecule has 2 amide bonds. The first-order valence-electron chi connectivity index (χ1n) is 8.78. The molecule has 0 saturated carbocycles. The van der Waals surface area contributed by atoms with Crippen molar-refractivity contribution in [1.29, 1.82) is 0 Å². The second-order valence-electron chi connectivity index (χ2n) is 6.30. The SMILES string of the molecule is O=C(Cc1cc2c(NC(=O)c3ccncc3)[nH]nc2s1)NCc1cccc(Cl)c1. The number of hydrogen-bond acceptors (Lipinski definition) is 5. The number of nitrogens with one attached hydrogen (secondary N) is 3. The summed E-state index contributed by atoms with van der Waals surface area (Å²) in [6.45, 7) is 0.412. The van der Waals surface area contributed by atoms with Crippen LogP contribution in [0.2, 0.25) is 5.02 Å². The zero-order valence-corrected chi connectivity index (χ0v) is 16.7. The summed E-state index contributed by atoms with van der Waals surface area (Å²) in [5, 5.41) is 14.1. The summed E-state index contributed by atoms with van der Waals surface area (Å²) < 4.78 is 0. The molecule has 0 unspecified atom stereocenters. The number of fused-ring (bicyclic) bond motifs is 1. The molecule has 1 aromatic carbocycles. The molecule has 146 valence electrons. The van der Waals surface area contributed by atoms with Gasteiger partial charge in [0.15, 0.2) is 0 Å². The van der Waals surface area contributed by atoms with Gasteiger partial charge < -0.3 is 10.6 Å². The Kier molecular flexibility index (Phi) is 5.55. The molecule has 0 radical (unpaired) electrons. The third-order valence-electron chi connectivity index (χ3n) is 4.20. The van der Waals surface area contributed by atoms with Crippen molar-refractivity contribution in [2.75, 3.05) is 5.32 Å². The lowest BCUT2D eigenvalue weighted by Gasteiger charge is -2.05. The number of halogens is 1. The number of pyridine rings is 1. The average molecular weight is 426 g/mol. The van der Waals surface area contributed by atoms with Gasteiger partial charge in [-0.1, -0.05) is 23.7 Å². The molecule has 3 aromatic heterocycles. The van der Waals surface area contributed by atoms with E-state index in [1.54, 1.807) is 30.6 Å². The number of amides is 2. The number of carbonyl (C=O) groups excluding carboxylic acids is 2. The lowest BCUT2D eigenvalue weighted by Crippen LogP contribution is -2.24. The van der Waals surface area contributed by atoms with Gasteiger partial charge >= 0.3 is 0 Å². The minimum absolute atomic E-state index is 0.0970. The van der Waals surface area contributed by atoms with Crippen LogP contribution in [0.25, 0.3) is 10.2 Å². The topological polar surface area (TPSA) is 99.8 Å². The number of rotatable bonds is 6. The van der Waals surface area contributed by atoms with E-state index in [0.29, 0.717) is 22.9 Å². The van der Waals surface area contributed by atoms with Crippen molar-refractivity contribution in [1.82, 2.24) is 20.5 Å². The van der Waals surface area contributed by atoms with Gasteiger partial charge in [0.2, 0.25) is 5.91 Å². The Morgan fingerprint density at radius 3 is 2.76 bits per heavy atom. The van der Waals surface area contributed by atoms with E-state index in [4.69, 9.17) is 11.6 Å². The lowest BCUT2D eigenvalue weighted by molar-refractivity contribution is -0.120. The molecule has 4 aromatic rings. The molecule has 3 N–H and O–H groups in total. The summed E-state index contributed by atoms with van der Waals surface area (Å²) in [5.41, 5.74) is 1.44. The van der Waals surface area contributed by atoms with E-state index < -0.39 is 0 Å². The Bertz CT molecular complexity index is 1170. The molecule has 9 heteroatoms. The number of hydrogen-bond donors (Lipinski definition) is 3. The van der Waals surface area contributed by atoms with Crippen molar-refractivity contribution in [3.05, 3.63) is 75.9 Å². The zero-order valence-electron chi connectivity index (χ0n) is 15.1. The molecule has 0 fully saturated rings. The normalized spacial score (nSPS) is 10.8. The quantitative estimate of drug-likeness (QED) is 0.437. The second-order valence-corrected chi connectivity index (χ2v) is 7.86. The lowest BCUT2D eigenvalue weighted by atomic mass is 10.2. The van der Waals surface area contributed by atoms with Crippen LogP contribution in [0.15, 0.2) is 54.9 Å². The van der Waals surface area contributed by atoms with Crippen LogP contribution < -0.4 is 10.6 Å². The highest BCUT2D eigenvalue weighted by molar-refractivity contribution is 7.18. The average Bonchev–Trinajstić information content (AvgIpc) is 3.28. The van der Waals surface area contributed by atoms with E-state index in [9.17, 15) is 9.59 Å². The molecule has 3 heterocycles. The summed E-state index contributed by atoms with van der Waals surface area (Å²) in [6.07, 6.45) is 3.35. The zero-order chi connectivity index (χ0) is 20.2. The fourth-order valence-electron chi connectivity index (χ4n) is 2.80. The van der Waals surface area contributed by atoms with Crippen LogP contribution in [0.3, 0.4) is 0 Å². The van der Waals surface area contributed by atoms with Gasteiger partial charge in [-0.25, -0.2) is 0 Å². The first kappa shape index (κ1) is 19.1. The maximum Gasteiger partial charge on any atom is 0.256 e. The predicted octanol–water partition coefficient (Wildman–Crippen LogP) is 3.78. The van der Waals surface area contributed by atoms with Crippen molar-refractivity contribution >= 4 is 50.8 Å². The number of carbonyl (C=O) groups is 2. The van der Waals surface area contributed by atoms with Gasteiger partial charge in [0.05, 0.1) is 11.8 Å². The van der Waals surface area contributed by atoms with Crippen LogP contribution in [0.1, 0.15) is 20.8 Å². The van der Waals surface area contributed by atoms with E-state index in [-0.39, 0.29) is 18.2 Å². The molecule has 7 nitrogen and oxygen atoms in total. The van der Waals surface area contributed by atoms with E-state index >= 15 is 0 Å². The Labute approximate surface area is 175 Å². The number of H-pyrrole nitrogens is 1. The molecular weight excluding hydrogens is 410 g/mol. The molecule has 0 aliphatic heterocycles. The molecule has 4 rings (SSSR count). The Balaban J connectivity index is 1.40. The molecule has 0 saturated heterocycles. The van der Waals surface area contributed by atoms with E-state index in [0.717, 1.165) is 20.7 Å². The molecule has 0 bridgehead atoms. The van der Waals surface area contributed by atoms with Gasteiger partial charge in [-0.3, -0.25) is 19.7 Å². The Morgan fingerprint density at radius 1 is 1.14 bits per heavy atom. The summed E-state index contributed by atoms with van der Waals surface area (Å²) >= 11 is 7.37. The number of nitrogens with zero attached hydrogens (tertiary/aromatic N) is 2. The van der Waals surface area contributed by atoms with Crippen LogP contribution in [-0.4, -0.2) is 27.0 Å². The molecule has 29 heavy (non-hydrogen) atoms. The van der Waals surface area contributed by atoms with Crippen molar-refractivity contribution < 1.29 is 9.59 Å². The predicted molar refractivity (Wildman–Crippen MR) is 113 cm³/mol. The highest BCUT2D eigenvalue weighted by Gasteiger charge is 2.15. The maximum atomic E-state index is 12.3. The van der Waals surface area contributed by atoms with Crippen molar-refractivity contribution in [2.24, 2.45) is 0 Å². The van der Waals surface area contributed by atoms with Crippen molar-refractivity contribution in [3.63, 3.8) is 0 Å². The number of aromatic nitrogens is 3. The van der Waals surface area contributed by atoms with Crippen molar-refractivity contribution in [2.45, 2.75) is 13.0 Å². The number of aromatic amines is 1. The van der Waals surface area contributed by atoms with E-state index in [1.165, 1.54) is 11.3 Å². The van der Waals surface area contributed by atoms with Crippen LogP contribution in [-0.2, 0) is 17.8 Å². The highest BCUT2D eigenvalue weighted by Crippen LogP contribution is 2.29. The number of anilines is 1. The van der Waals surface area contributed by atoms with Gasteiger partial charge in [-0.2, -0.15) is 5.10 Å². The largest absolute Gasteiger partial charge is 0.352 e. The first-order chi connectivity index (χ1) is 14.1. The van der Waals surface area contributed by atoms with Crippen LogP contribution in [0, 0.1) is 0 Å². The number of thiophene rings is 1. The third-order valence-corrected chi connectivity index (χ3v) is 5.46. The van der Waals surface area contributed by atoms with Crippen LogP contribution in [0.5, 0.6) is 0 Å². The second kappa shape index (κ2) is 8.42. The fourth-order valence-corrected chi connectivity index (χ4v) is 4.00. The highest BCUT2D eigenvalue weighted by atomic mass is 35.5. The monoisotopic (exact) mass is 425 g/mol. The van der Waals surface area contributed by atoms with E-state index in [2.05, 4.69) is 25.8 Å². The fraction of sp³-hybridized carbons (Fsp3) is 0.100. The molecular formula is C20H16ClN5O2S. The van der Waals surface area contributed by atoms with Crippen LogP contribution in [0.4, 0.5) is 5.82 Å². The summed E-state index contributed by atoms with van der Waals surface area (Å²) in [4.78, 5) is 30.1. The Morgan fingerprint density at radius 2 is 1.97 bits per heavy atom. The Hall–Kier alpha value is -3.23. The van der Waals surface area contributed by atoms with Crippen LogP contribution >= 0.6 is 22.9 Å². The molecule has 0 spiro atoms.